The summed E-state index contributed by atoms with van der Waals surface area (Å²) >= 11 is 3.91. The number of carbonyl (C=O) groups is 1. The van der Waals surface area contributed by atoms with Gasteiger partial charge in [-0.05, 0) is 54.0 Å². The zero-order chi connectivity index (χ0) is 11.8. The van der Waals surface area contributed by atoms with E-state index in [0.29, 0.717) is 12.0 Å². The van der Waals surface area contributed by atoms with Gasteiger partial charge >= 0.3 is 0 Å². The van der Waals surface area contributed by atoms with Crippen molar-refractivity contribution in [2.45, 2.75) is 18.9 Å². The predicted molar refractivity (Wildman–Crippen MR) is 77.5 cm³/mol. The lowest BCUT2D eigenvalue weighted by atomic mass is 9.93. The maximum atomic E-state index is 12.3. The molecule has 2 unspecified atom stereocenters. The molecule has 3 nitrogen and oxygen atoms in total. The largest absolute Gasteiger partial charge is 0.338 e. The highest BCUT2D eigenvalue weighted by Gasteiger charge is 2.34. The van der Waals surface area contributed by atoms with Crippen molar-refractivity contribution in [1.82, 2.24) is 10.2 Å². The summed E-state index contributed by atoms with van der Waals surface area (Å²) in [6.07, 6.45) is 2.33. The van der Waals surface area contributed by atoms with Crippen molar-refractivity contribution in [1.29, 1.82) is 0 Å². The SMILES string of the molecule is O=C(c1csc(I)c1)N1CCC2NCCC2C1. The summed E-state index contributed by atoms with van der Waals surface area (Å²) in [6, 6.07) is 2.65. The van der Waals surface area contributed by atoms with Crippen molar-refractivity contribution in [2.24, 2.45) is 5.92 Å². The summed E-state index contributed by atoms with van der Waals surface area (Å²) in [6.45, 7) is 2.95. The van der Waals surface area contributed by atoms with E-state index < -0.39 is 0 Å². The molecule has 0 radical (unpaired) electrons. The highest BCUT2D eigenvalue weighted by atomic mass is 127. The normalized spacial score (nSPS) is 28.2. The summed E-state index contributed by atoms with van der Waals surface area (Å²) in [5, 5.41) is 5.50. The molecule has 1 aromatic heterocycles. The fourth-order valence-corrected chi connectivity index (χ4v) is 4.16. The Morgan fingerprint density at radius 1 is 1.53 bits per heavy atom. The molecule has 0 spiro atoms. The molecule has 0 aliphatic carbocycles. The molecule has 2 aliphatic heterocycles. The standard InChI is InChI=1S/C12H15IN2OS/c13-11-5-9(7-17-11)12(16)15-4-2-10-8(6-15)1-3-14-10/h5,7-8,10,14H,1-4,6H2. The van der Waals surface area contributed by atoms with E-state index in [4.69, 9.17) is 0 Å². The minimum absolute atomic E-state index is 0.217. The molecule has 0 bridgehead atoms. The zero-order valence-corrected chi connectivity index (χ0v) is 12.5. The van der Waals surface area contributed by atoms with Gasteiger partial charge in [-0.15, -0.1) is 11.3 Å². The van der Waals surface area contributed by atoms with Gasteiger partial charge in [0.15, 0.2) is 0 Å². The lowest BCUT2D eigenvalue weighted by Gasteiger charge is -2.34. The fraction of sp³-hybridized carbons (Fsp3) is 0.583. The maximum Gasteiger partial charge on any atom is 0.254 e. The Kier molecular flexibility index (Phi) is 3.40. The first kappa shape index (κ1) is 11.9. The van der Waals surface area contributed by atoms with Crippen LogP contribution in [0.25, 0.3) is 0 Å². The van der Waals surface area contributed by atoms with Crippen molar-refractivity contribution in [3.05, 3.63) is 19.9 Å². The van der Waals surface area contributed by atoms with E-state index in [-0.39, 0.29) is 5.91 Å². The first-order chi connectivity index (χ1) is 8.24. The van der Waals surface area contributed by atoms with Crippen LogP contribution in [0.15, 0.2) is 11.4 Å². The number of halogens is 1. The second-order valence-corrected chi connectivity index (χ2v) is 7.59. The molecule has 2 atom stereocenters. The van der Waals surface area contributed by atoms with Gasteiger partial charge in [0.05, 0.1) is 8.45 Å². The number of carbonyl (C=O) groups excluding carboxylic acids is 1. The van der Waals surface area contributed by atoms with E-state index >= 15 is 0 Å². The summed E-state index contributed by atoms with van der Waals surface area (Å²) in [5.74, 6) is 0.889. The lowest BCUT2D eigenvalue weighted by molar-refractivity contribution is 0.0662. The summed E-state index contributed by atoms with van der Waals surface area (Å²) < 4.78 is 1.18. The number of fused-ring (bicyclic) bond motifs is 1. The van der Waals surface area contributed by atoms with Gasteiger partial charge in [0.1, 0.15) is 0 Å². The Labute approximate surface area is 119 Å². The Bertz CT molecular complexity index is 434. The molecule has 1 aromatic rings. The van der Waals surface area contributed by atoms with E-state index in [2.05, 4.69) is 27.9 Å². The summed E-state index contributed by atoms with van der Waals surface area (Å²) in [7, 11) is 0. The van der Waals surface area contributed by atoms with Crippen LogP contribution < -0.4 is 5.32 Å². The van der Waals surface area contributed by atoms with Crippen LogP contribution >= 0.6 is 33.9 Å². The van der Waals surface area contributed by atoms with Gasteiger partial charge in [0.25, 0.3) is 5.91 Å². The molecule has 2 aliphatic rings. The number of likely N-dealkylation sites (tertiary alicyclic amines) is 1. The van der Waals surface area contributed by atoms with Crippen LogP contribution in [-0.2, 0) is 0 Å². The number of thiophene rings is 1. The third kappa shape index (κ3) is 2.37. The number of nitrogens with one attached hydrogen (secondary N) is 1. The third-order valence-electron chi connectivity index (χ3n) is 3.76. The minimum Gasteiger partial charge on any atom is -0.338 e. The number of hydrogen-bond donors (Lipinski definition) is 1. The predicted octanol–water partition coefficient (Wildman–Crippen LogP) is 2.18. The molecule has 2 saturated heterocycles. The van der Waals surface area contributed by atoms with Gasteiger partial charge in [-0.2, -0.15) is 0 Å². The molecule has 5 heteroatoms. The highest BCUT2D eigenvalue weighted by molar-refractivity contribution is 14.1. The van der Waals surface area contributed by atoms with E-state index in [0.717, 1.165) is 31.6 Å². The summed E-state index contributed by atoms with van der Waals surface area (Å²) in [5.41, 5.74) is 0.865. The first-order valence-corrected chi connectivity index (χ1v) is 7.96. The molecule has 17 heavy (non-hydrogen) atoms. The molecule has 1 N–H and O–H groups in total. The number of rotatable bonds is 1. The van der Waals surface area contributed by atoms with Crippen molar-refractivity contribution in [2.75, 3.05) is 19.6 Å². The second kappa shape index (κ2) is 4.85. The van der Waals surface area contributed by atoms with Gasteiger partial charge < -0.3 is 10.2 Å². The fourth-order valence-electron chi connectivity index (χ4n) is 2.84. The maximum absolute atomic E-state index is 12.3. The quantitative estimate of drug-likeness (QED) is 0.777. The molecule has 92 valence electrons. The van der Waals surface area contributed by atoms with E-state index in [1.54, 1.807) is 11.3 Å². The average Bonchev–Trinajstić information content (AvgIpc) is 2.95. The topological polar surface area (TPSA) is 32.3 Å². The smallest absolute Gasteiger partial charge is 0.254 e. The Morgan fingerprint density at radius 3 is 3.18 bits per heavy atom. The van der Waals surface area contributed by atoms with Crippen LogP contribution in [0.1, 0.15) is 23.2 Å². The van der Waals surface area contributed by atoms with Gasteiger partial charge in [-0.25, -0.2) is 0 Å². The van der Waals surface area contributed by atoms with Crippen molar-refractivity contribution < 1.29 is 4.79 Å². The van der Waals surface area contributed by atoms with Crippen LogP contribution in [0.3, 0.4) is 0 Å². The van der Waals surface area contributed by atoms with Crippen molar-refractivity contribution in [3.8, 4) is 0 Å². The summed E-state index contributed by atoms with van der Waals surface area (Å²) in [4.78, 5) is 14.3. The van der Waals surface area contributed by atoms with Gasteiger partial charge in [0.2, 0.25) is 0 Å². The lowest BCUT2D eigenvalue weighted by Crippen LogP contribution is -2.46. The number of hydrogen-bond acceptors (Lipinski definition) is 3. The zero-order valence-electron chi connectivity index (χ0n) is 9.49. The van der Waals surface area contributed by atoms with Crippen LogP contribution in [0.5, 0.6) is 0 Å². The minimum atomic E-state index is 0.217. The molecule has 3 heterocycles. The second-order valence-electron chi connectivity index (χ2n) is 4.79. The van der Waals surface area contributed by atoms with Crippen molar-refractivity contribution >= 4 is 39.8 Å². The molecule has 2 fully saturated rings. The molecular formula is C12H15IN2OS. The highest BCUT2D eigenvalue weighted by Crippen LogP contribution is 2.26. The Hall–Kier alpha value is -0.140. The number of amides is 1. The number of nitrogens with zero attached hydrogens (tertiary/aromatic N) is 1. The Balaban J connectivity index is 1.70. The van der Waals surface area contributed by atoms with Crippen LogP contribution in [0, 0.1) is 8.80 Å². The van der Waals surface area contributed by atoms with Crippen LogP contribution in [0.2, 0.25) is 0 Å². The van der Waals surface area contributed by atoms with Gasteiger partial charge in [-0.1, -0.05) is 0 Å². The van der Waals surface area contributed by atoms with Crippen molar-refractivity contribution in [3.63, 3.8) is 0 Å². The number of piperidine rings is 1. The van der Waals surface area contributed by atoms with Gasteiger partial charge in [-0.3, -0.25) is 4.79 Å². The molecule has 0 saturated carbocycles. The average molecular weight is 362 g/mol. The van der Waals surface area contributed by atoms with Crippen LogP contribution in [-0.4, -0.2) is 36.5 Å². The first-order valence-electron chi connectivity index (χ1n) is 6.01. The molecule has 0 aromatic carbocycles. The van der Waals surface area contributed by atoms with Crippen LogP contribution in [0.4, 0.5) is 0 Å². The monoisotopic (exact) mass is 362 g/mol. The van der Waals surface area contributed by atoms with Gasteiger partial charge in [0, 0.05) is 24.5 Å². The Morgan fingerprint density at radius 2 is 2.41 bits per heavy atom. The molecule has 3 rings (SSSR count). The molecule has 1 amide bonds. The van der Waals surface area contributed by atoms with E-state index in [1.165, 1.54) is 9.30 Å². The third-order valence-corrected chi connectivity index (χ3v) is 5.55. The van der Waals surface area contributed by atoms with E-state index in [1.807, 2.05) is 16.3 Å². The van der Waals surface area contributed by atoms with E-state index in [9.17, 15) is 4.79 Å². The molecular weight excluding hydrogens is 347 g/mol.